The van der Waals surface area contributed by atoms with Crippen LogP contribution in [0.4, 0.5) is 4.39 Å². The summed E-state index contributed by atoms with van der Waals surface area (Å²) in [5.74, 6) is 0.870. The molecule has 4 rings (SSSR count). The van der Waals surface area contributed by atoms with Crippen molar-refractivity contribution in [1.82, 2.24) is 15.2 Å². The van der Waals surface area contributed by atoms with Crippen molar-refractivity contribution in [3.8, 4) is 17.3 Å². The quantitative estimate of drug-likeness (QED) is 0.397. The number of benzene rings is 2. The van der Waals surface area contributed by atoms with Gasteiger partial charge in [-0.15, -0.1) is 10.2 Å². The van der Waals surface area contributed by atoms with Gasteiger partial charge < -0.3 is 9.15 Å². The highest BCUT2D eigenvalue weighted by molar-refractivity contribution is 5.46. The summed E-state index contributed by atoms with van der Waals surface area (Å²) >= 11 is 0. The second-order valence-electron chi connectivity index (χ2n) is 8.06. The summed E-state index contributed by atoms with van der Waals surface area (Å²) in [6, 6.07) is 19.3. The molecule has 0 fully saturated rings. The van der Waals surface area contributed by atoms with E-state index >= 15 is 0 Å². The second kappa shape index (κ2) is 8.30. The van der Waals surface area contributed by atoms with Crippen molar-refractivity contribution in [2.24, 2.45) is 0 Å². The van der Waals surface area contributed by atoms with Crippen molar-refractivity contribution in [3.63, 3.8) is 0 Å². The third-order valence-corrected chi connectivity index (χ3v) is 5.39. The van der Waals surface area contributed by atoms with Gasteiger partial charge in [-0.25, -0.2) is 9.37 Å². The SMILES string of the molecule is Cc1ccc(C(C)(C)c2ccc(OCc3nc(-c4nnc(C)o4)ccc3F)cc2)cc1. The van der Waals surface area contributed by atoms with Crippen LogP contribution in [0.3, 0.4) is 0 Å². The first-order valence-electron chi connectivity index (χ1n) is 10.1. The highest BCUT2D eigenvalue weighted by Gasteiger charge is 2.23. The fraction of sp³-hybridized carbons (Fsp3) is 0.240. The molecule has 0 amide bonds. The minimum Gasteiger partial charge on any atom is -0.487 e. The van der Waals surface area contributed by atoms with E-state index in [1.165, 1.54) is 28.8 Å². The van der Waals surface area contributed by atoms with Gasteiger partial charge in [0.1, 0.15) is 29.6 Å². The monoisotopic (exact) mass is 417 g/mol. The molecule has 0 aliphatic heterocycles. The molecule has 158 valence electrons. The Hall–Kier alpha value is -3.54. The molecule has 4 aromatic rings. The molecule has 0 N–H and O–H groups in total. The Bertz CT molecular complexity index is 1180. The van der Waals surface area contributed by atoms with Crippen LogP contribution in [-0.2, 0) is 12.0 Å². The van der Waals surface area contributed by atoms with Gasteiger partial charge in [0.15, 0.2) is 0 Å². The summed E-state index contributed by atoms with van der Waals surface area (Å²) in [7, 11) is 0. The Labute approximate surface area is 180 Å². The van der Waals surface area contributed by atoms with Gasteiger partial charge in [0.05, 0.1) is 0 Å². The second-order valence-corrected chi connectivity index (χ2v) is 8.06. The zero-order chi connectivity index (χ0) is 22.0. The third kappa shape index (κ3) is 4.48. The van der Waals surface area contributed by atoms with E-state index < -0.39 is 5.82 Å². The molecular formula is C25H24FN3O2. The number of ether oxygens (including phenoxy) is 1. The van der Waals surface area contributed by atoms with Crippen LogP contribution in [0.1, 0.15) is 42.1 Å². The van der Waals surface area contributed by atoms with Crippen LogP contribution >= 0.6 is 0 Å². The van der Waals surface area contributed by atoms with Gasteiger partial charge in [-0.3, -0.25) is 0 Å². The number of rotatable bonds is 6. The summed E-state index contributed by atoms with van der Waals surface area (Å²) < 4.78 is 25.4. The van der Waals surface area contributed by atoms with Crippen molar-refractivity contribution in [2.45, 2.75) is 39.7 Å². The van der Waals surface area contributed by atoms with Gasteiger partial charge >= 0.3 is 0 Å². The van der Waals surface area contributed by atoms with E-state index in [1.54, 1.807) is 6.92 Å². The lowest BCUT2D eigenvalue weighted by Crippen LogP contribution is -2.18. The molecule has 0 aliphatic rings. The van der Waals surface area contributed by atoms with Gasteiger partial charge in [0.25, 0.3) is 5.89 Å². The van der Waals surface area contributed by atoms with Crippen LogP contribution in [0.5, 0.6) is 5.75 Å². The lowest BCUT2D eigenvalue weighted by Gasteiger charge is -2.26. The minimum atomic E-state index is -0.447. The largest absolute Gasteiger partial charge is 0.487 e. The number of pyridine rings is 1. The molecule has 0 saturated heterocycles. The zero-order valence-electron chi connectivity index (χ0n) is 18.0. The molecular weight excluding hydrogens is 393 g/mol. The molecule has 2 aromatic carbocycles. The maximum absolute atomic E-state index is 14.2. The van der Waals surface area contributed by atoms with E-state index in [9.17, 15) is 4.39 Å². The van der Waals surface area contributed by atoms with Crippen LogP contribution in [0.15, 0.2) is 65.1 Å². The van der Waals surface area contributed by atoms with Crippen molar-refractivity contribution in [3.05, 3.63) is 94.8 Å². The Morgan fingerprint density at radius 1 is 0.871 bits per heavy atom. The first-order chi connectivity index (χ1) is 14.8. The van der Waals surface area contributed by atoms with E-state index in [-0.39, 0.29) is 23.6 Å². The van der Waals surface area contributed by atoms with E-state index in [1.807, 2.05) is 24.3 Å². The molecule has 0 spiro atoms. The molecule has 0 unspecified atom stereocenters. The average Bonchev–Trinajstić information content (AvgIpc) is 3.20. The number of hydrogen-bond acceptors (Lipinski definition) is 5. The summed E-state index contributed by atoms with van der Waals surface area (Å²) in [5, 5.41) is 7.71. The smallest absolute Gasteiger partial charge is 0.266 e. The first-order valence-corrected chi connectivity index (χ1v) is 10.1. The van der Waals surface area contributed by atoms with Gasteiger partial charge in [0, 0.05) is 12.3 Å². The number of nitrogens with zero attached hydrogens (tertiary/aromatic N) is 3. The normalized spacial score (nSPS) is 11.5. The summed E-state index contributed by atoms with van der Waals surface area (Å²) in [4.78, 5) is 4.28. The number of aromatic nitrogens is 3. The predicted octanol–water partition coefficient (Wildman–Crippen LogP) is 5.79. The summed E-state index contributed by atoms with van der Waals surface area (Å²) in [6.07, 6.45) is 0. The third-order valence-electron chi connectivity index (χ3n) is 5.39. The molecule has 6 heteroatoms. The highest BCUT2D eigenvalue weighted by atomic mass is 19.1. The maximum atomic E-state index is 14.2. The Morgan fingerprint density at radius 3 is 2.13 bits per heavy atom. The van der Waals surface area contributed by atoms with Gasteiger partial charge in [0.2, 0.25) is 5.89 Å². The average molecular weight is 417 g/mol. The molecule has 2 aromatic heterocycles. The number of aryl methyl sites for hydroxylation is 2. The first kappa shape index (κ1) is 20.7. The molecule has 0 atom stereocenters. The standard InChI is InChI=1S/C25H24FN3O2/c1-16-5-7-18(8-6-16)25(3,4)19-9-11-20(12-10-19)30-15-23-21(26)13-14-22(27-23)24-29-28-17(2)31-24/h5-14H,15H2,1-4H3. The predicted molar refractivity (Wildman–Crippen MR) is 116 cm³/mol. The Balaban J connectivity index is 1.48. The van der Waals surface area contributed by atoms with Gasteiger partial charge in [-0.2, -0.15) is 0 Å². The number of halogens is 1. The Kier molecular flexibility index (Phi) is 5.55. The Morgan fingerprint density at radius 2 is 1.52 bits per heavy atom. The lowest BCUT2D eigenvalue weighted by molar-refractivity contribution is 0.294. The van der Waals surface area contributed by atoms with Crippen molar-refractivity contribution in [1.29, 1.82) is 0 Å². The van der Waals surface area contributed by atoms with Crippen molar-refractivity contribution < 1.29 is 13.5 Å². The van der Waals surface area contributed by atoms with E-state index in [0.29, 0.717) is 17.3 Å². The molecule has 5 nitrogen and oxygen atoms in total. The van der Waals surface area contributed by atoms with Crippen LogP contribution in [0.2, 0.25) is 0 Å². The summed E-state index contributed by atoms with van der Waals surface area (Å²) in [6.45, 7) is 8.15. The molecule has 0 aliphatic carbocycles. The molecule has 0 bridgehead atoms. The molecule has 2 heterocycles. The summed E-state index contributed by atoms with van der Waals surface area (Å²) in [5.41, 5.74) is 4.10. The molecule has 0 saturated carbocycles. The van der Waals surface area contributed by atoms with Crippen molar-refractivity contribution >= 4 is 0 Å². The maximum Gasteiger partial charge on any atom is 0.266 e. The van der Waals surface area contributed by atoms with E-state index in [4.69, 9.17) is 9.15 Å². The fourth-order valence-corrected chi connectivity index (χ4v) is 3.36. The van der Waals surface area contributed by atoms with Gasteiger partial charge in [-0.05, 0) is 42.3 Å². The van der Waals surface area contributed by atoms with Gasteiger partial charge in [-0.1, -0.05) is 55.8 Å². The molecule has 31 heavy (non-hydrogen) atoms. The van der Waals surface area contributed by atoms with Crippen LogP contribution in [-0.4, -0.2) is 15.2 Å². The van der Waals surface area contributed by atoms with Crippen LogP contribution in [0, 0.1) is 19.7 Å². The van der Waals surface area contributed by atoms with Crippen LogP contribution in [0.25, 0.3) is 11.6 Å². The van der Waals surface area contributed by atoms with Crippen molar-refractivity contribution in [2.75, 3.05) is 0 Å². The highest BCUT2D eigenvalue weighted by Crippen LogP contribution is 2.32. The molecule has 0 radical (unpaired) electrons. The topological polar surface area (TPSA) is 61.0 Å². The zero-order valence-corrected chi connectivity index (χ0v) is 18.0. The van der Waals surface area contributed by atoms with Crippen LogP contribution < -0.4 is 4.74 Å². The van der Waals surface area contributed by atoms with E-state index in [2.05, 4.69) is 60.2 Å². The fourth-order valence-electron chi connectivity index (χ4n) is 3.36. The minimum absolute atomic E-state index is 0.00645. The van der Waals surface area contributed by atoms with E-state index in [0.717, 1.165) is 0 Å². The lowest BCUT2D eigenvalue weighted by atomic mass is 9.78. The number of hydrogen-bond donors (Lipinski definition) is 0.